The summed E-state index contributed by atoms with van der Waals surface area (Å²) in [7, 11) is 1.33. The second-order valence-electron chi connectivity index (χ2n) is 8.81. The normalized spacial score (nSPS) is 15.7. The summed E-state index contributed by atoms with van der Waals surface area (Å²) in [4.78, 5) is 30.4. The Morgan fingerprint density at radius 1 is 1.33 bits per heavy atom. The lowest BCUT2D eigenvalue weighted by Crippen LogP contribution is -2.18. The second kappa shape index (κ2) is 9.94. The van der Waals surface area contributed by atoms with Gasteiger partial charge in [0.15, 0.2) is 5.69 Å². The first-order chi connectivity index (χ1) is 16.0. The fraction of sp³-hybridized carbons (Fsp3) is 0.400. The van der Waals surface area contributed by atoms with Crippen LogP contribution in [0.4, 0.5) is 11.4 Å². The van der Waals surface area contributed by atoms with Crippen LogP contribution < -0.4 is 10.6 Å². The highest BCUT2D eigenvalue weighted by Gasteiger charge is 2.27. The van der Waals surface area contributed by atoms with Gasteiger partial charge in [0.1, 0.15) is 11.9 Å². The summed E-state index contributed by atoms with van der Waals surface area (Å²) >= 11 is 0. The minimum Gasteiger partial charge on any atom is -0.472 e. The summed E-state index contributed by atoms with van der Waals surface area (Å²) in [5, 5.41) is 7.06. The van der Waals surface area contributed by atoms with Gasteiger partial charge >= 0.3 is 5.97 Å². The molecule has 1 amide bonds. The lowest BCUT2D eigenvalue weighted by Gasteiger charge is -2.18. The molecule has 2 N–H and O–H groups in total. The molecule has 0 fully saturated rings. The summed E-state index contributed by atoms with van der Waals surface area (Å²) in [5.41, 5.74) is 2.50. The number of nitrogens with zero attached hydrogens (tertiary/aromatic N) is 2. The molecular formula is C25H30N4O4. The van der Waals surface area contributed by atoms with Gasteiger partial charge in [-0.3, -0.25) is 4.79 Å². The van der Waals surface area contributed by atoms with Crippen LogP contribution in [0.3, 0.4) is 0 Å². The van der Waals surface area contributed by atoms with Gasteiger partial charge in [0.25, 0.3) is 5.91 Å². The third-order valence-electron chi connectivity index (χ3n) is 5.82. The molecule has 0 spiro atoms. The van der Waals surface area contributed by atoms with E-state index in [2.05, 4.69) is 41.6 Å². The first-order valence-electron chi connectivity index (χ1n) is 11.3. The molecule has 33 heavy (non-hydrogen) atoms. The van der Waals surface area contributed by atoms with Crippen molar-refractivity contribution < 1.29 is 18.7 Å². The number of rotatable bonds is 8. The maximum absolute atomic E-state index is 12.9. The number of ether oxygens (including phenoxy) is 1. The van der Waals surface area contributed by atoms with E-state index in [9.17, 15) is 9.59 Å². The zero-order chi connectivity index (χ0) is 23.4. The van der Waals surface area contributed by atoms with Crippen molar-refractivity contribution in [2.24, 2.45) is 11.8 Å². The molecule has 0 radical (unpaired) electrons. The molecule has 0 aliphatic heterocycles. The molecule has 4 rings (SSSR count). The topological polar surface area (TPSA) is 98.4 Å². The predicted molar refractivity (Wildman–Crippen MR) is 128 cm³/mol. The summed E-state index contributed by atoms with van der Waals surface area (Å²) in [6.07, 6.45) is 12.4. The third kappa shape index (κ3) is 4.94. The number of fused-ring (bicyclic) bond motifs is 1. The van der Waals surface area contributed by atoms with Crippen LogP contribution in [0.15, 0.2) is 47.4 Å². The van der Waals surface area contributed by atoms with Gasteiger partial charge in [-0.25, -0.2) is 9.78 Å². The number of pyridine rings is 1. The van der Waals surface area contributed by atoms with Gasteiger partial charge in [-0.15, -0.1) is 0 Å². The highest BCUT2D eigenvalue weighted by molar-refractivity contribution is 6.14. The molecular weight excluding hydrogens is 420 g/mol. The highest BCUT2D eigenvalue weighted by atomic mass is 16.5. The fourth-order valence-electron chi connectivity index (χ4n) is 4.18. The van der Waals surface area contributed by atoms with Crippen molar-refractivity contribution in [3.05, 3.63) is 54.3 Å². The molecule has 0 saturated carbocycles. The van der Waals surface area contributed by atoms with Gasteiger partial charge in [-0.1, -0.05) is 26.0 Å². The molecule has 1 atom stereocenters. The van der Waals surface area contributed by atoms with Crippen LogP contribution in [0.2, 0.25) is 0 Å². The number of esters is 1. The van der Waals surface area contributed by atoms with Gasteiger partial charge in [0.05, 0.1) is 36.5 Å². The number of hydrogen-bond donors (Lipinski definition) is 2. The summed E-state index contributed by atoms with van der Waals surface area (Å²) < 4.78 is 11.9. The predicted octanol–water partition coefficient (Wildman–Crippen LogP) is 5.09. The molecule has 1 aliphatic rings. The Hall–Kier alpha value is -3.55. The van der Waals surface area contributed by atoms with E-state index >= 15 is 0 Å². The molecule has 1 unspecified atom stereocenters. The molecule has 1 aliphatic carbocycles. The van der Waals surface area contributed by atoms with E-state index in [0.29, 0.717) is 34.7 Å². The highest BCUT2D eigenvalue weighted by Crippen LogP contribution is 2.34. The van der Waals surface area contributed by atoms with Gasteiger partial charge in [-0.05, 0) is 43.2 Å². The van der Waals surface area contributed by atoms with Crippen molar-refractivity contribution in [2.75, 3.05) is 24.3 Å². The van der Waals surface area contributed by atoms with Gasteiger partial charge < -0.3 is 24.4 Å². The molecule has 3 aromatic heterocycles. The minimum atomic E-state index is -0.528. The number of allylic oxidation sites excluding steroid dienone is 2. The average Bonchev–Trinajstić information content (AvgIpc) is 3.45. The van der Waals surface area contributed by atoms with E-state index in [1.54, 1.807) is 12.3 Å². The number of amides is 1. The number of furan rings is 1. The Balaban J connectivity index is 1.75. The van der Waals surface area contributed by atoms with E-state index in [1.165, 1.54) is 19.6 Å². The van der Waals surface area contributed by atoms with Gasteiger partial charge in [0.2, 0.25) is 0 Å². The number of carbonyl (C=O) groups excluding carboxylic acids is 2. The zero-order valence-electron chi connectivity index (χ0n) is 19.3. The smallest absolute Gasteiger partial charge is 0.356 e. The van der Waals surface area contributed by atoms with Crippen LogP contribution in [0.25, 0.3) is 11.0 Å². The van der Waals surface area contributed by atoms with Crippen LogP contribution in [0, 0.1) is 11.8 Å². The molecule has 0 aromatic carbocycles. The van der Waals surface area contributed by atoms with E-state index in [1.807, 2.05) is 10.6 Å². The van der Waals surface area contributed by atoms with Crippen molar-refractivity contribution in [1.29, 1.82) is 0 Å². The largest absolute Gasteiger partial charge is 0.472 e. The number of nitrogens with one attached hydrogen (secondary N) is 2. The van der Waals surface area contributed by atoms with Crippen molar-refractivity contribution in [2.45, 2.75) is 39.7 Å². The van der Waals surface area contributed by atoms with Gasteiger partial charge in [-0.2, -0.15) is 0 Å². The zero-order valence-corrected chi connectivity index (χ0v) is 19.3. The number of carbonyl (C=O) groups is 2. The Kier molecular flexibility index (Phi) is 6.82. The van der Waals surface area contributed by atoms with Crippen molar-refractivity contribution in [3.8, 4) is 0 Å². The molecule has 8 heteroatoms. The van der Waals surface area contributed by atoms with Crippen molar-refractivity contribution in [1.82, 2.24) is 9.55 Å². The second-order valence-corrected chi connectivity index (χ2v) is 8.81. The Bertz CT molecular complexity index is 1160. The van der Waals surface area contributed by atoms with Crippen LogP contribution in [0.1, 0.15) is 54.0 Å². The molecule has 174 valence electrons. The SMILES string of the molecule is COC(=O)c1c(NC(=O)c2ccoc2)c2cc(NCC3CC=CCC3)cnc2n1CC(C)C. The van der Waals surface area contributed by atoms with E-state index in [4.69, 9.17) is 9.15 Å². The molecule has 0 bridgehead atoms. The number of hydrogen-bond acceptors (Lipinski definition) is 6. The monoisotopic (exact) mass is 450 g/mol. The lowest BCUT2D eigenvalue weighted by atomic mass is 9.94. The molecule has 0 saturated heterocycles. The standard InChI is InChI=1S/C25H30N4O4/c1-16(2)14-29-22(25(31)32-3)21(28-24(30)18-9-10-33-15-18)20-11-19(13-27-23(20)29)26-12-17-7-5-4-6-8-17/h4-5,9-11,13,15-17,26H,6-8,12,14H2,1-3H3,(H,28,30). The molecule has 8 nitrogen and oxygen atoms in total. The average molecular weight is 451 g/mol. The summed E-state index contributed by atoms with van der Waals surface area (Å²) in [6, 6.07) is 3.51. The minimum absolute atomic E-state index is 0.250. The summed E-state index contributed by atoms with van der Waals surface area (Å²) in [5.74, 6) is -0.0768. The number of methoxy groups -OCH3 is 1. The maximum atomic E-state index is 12.9. The van der Waals surface area contributed by atoms with E-state index < -0.39 is 5.97 Å². The number of aromatic nitrogens is 2. The van der Waals surface area contributed by atoms with Crippen molar-refractivity contribution in [3.63, 3.8) is 0 Å². The molecule has 3 aromatic rings. The van der Waals surface area contributed by atoms with Crippen LogP contribution in [0.5, 0.6) is 0 Å². The van der Waals surface area contributed by atoms with Crippen LogP contribution in [-0.4, -0.2) is 35.1 Å². The number of anilines is 2. The first kappa shape index (κ1) is 22.6. The first-order valence-corrected chi connectivity index (χ1v) is 11.3. The van der Waals surface area contributed by atoms with Crippen LogP contribution in [-0.2, 0) is 11.3 Å². The van der Waals surface area contributed by atoms with E-state index in [0.717, 1.165) is 31.5 Å². The Morgan fingerprint density at radius 2 is 2.18 bits per heavy atom. The Labute approximate surface area is 193 Å². The van der Waals surface area contributed by atoms with E-state index in [-0.39, 0.29) is 17.5 Å². The summed E-state index contributed by atoms with van der Waals surface area (Å²) in [6.45, 7) is 5.51. The molecule has 3 heterocycles. The Morgan fingerprint density at radius 3 is 2.85 bits per heavy atom. The van der Waals surface area contributed by atoms with Crippen LogP contribution >= 0.6 is 0 Å². The van der Waals surface area contributed by atoms with Gasteiger partial charge in [0, 0.05) is 18.5 Å². The van der Waals surface area contributed by atoms with Crippen molar-refractivity contribution >= 4 is 34.3 Å². The third-order valence-corrected chi connectivity index (χ3v) is 5.82. The lowest BCUT2D eigenvalue weighted by molar-refractivity contribution is 0.0589. The maximum Gasteiger partial charge on any atom is 0.356 e. The fourth-order valence-corrected chi connectivity index (χ4v) is 4.18. The quantitative estimate of drug-likeness (QED) is 0.366.